The molecule has 2 N–H and O–H groups in total. The van der Waals surface area contributed by atoms with E-state index in [0.29, 0.717) is 30.6 Å². The molecule has 0 radical (unpaired) electrons. The van der Waals surface area contributed by atoms with Crippen molar-refractivity contribution in [2.24, 2.45) is 5.92 Å². The van der Waals surface area contributed by atoms with Gasteiger partial charge in [-0.3, -0.25) is 14.7 Å². The fourth-order valence-corrected chi connectivity index (χ4v) is 4.44. The van der Waals surface area contributed by atoms with Crippen molar-refractivity contribution in [3.05, 3.63) is 59.8 Å². The lowest BCUT2D eigenvalue weighted by atomic mass is 9.97. The number of hydrogen-bond donors (Lipinski definition) is 2. The van der Waals surface area contributed by atoms with Gasteiger partial charge in [0.05, 0.1) is 17.7 Å². The van der Waals surface area contributed by atoms with Crippen LogP contribution >= 0.6 is 0 Å². The summed E-state index contributed by atoms with van der Waals surface area (Å²) in [6, 6.07) is 11.0. The number of piperidine rings is 1. The number of aliphatic hydroxyl groups excluding tert-OH is 1. The number of benzene rings is 1. The van der Waals surface area contributed by atoms with Gasteiger partial charge in [0.25, 0.3) is 5.89 Å². The third-order valence-electron chi connectivity index (χ3n) is 6.34. The van der Waals surface area contributed by atoms with Crippen LogP contribution in [0.5, 0.6) is 0 Å². The highest BCUT2D eigenvalue weighted by Gasteiger charge is 2.43. The van der Waals surface area contributed by atoms with Gasteiger partial charge in [0.2, 0.25) is 11.6 Å². The SMILES string of the molecule is O=C(O)C1CCCN(CC(O)c2ccc(-c3noc(-c4onc(-c5ccccn5)c4C(F)(F)F)n3)cc2)C1. The second kappa shape index (κ2) is 10.3. The van der Waals surface area contributed by atoms with Gasteiger partial charge in [-0.2, -0.15) is 18.2 Å². The monoisotopic (exact) mass is 529 g/mol. The number of alkyl halides is 3. The zero-order valence-corrected chi connectivity index (χ0v) is 19.8. The normalized spacial score (nSPS) is 17.4. The lowest BCUT2D eigenvalue weighted by Gasteiger charge is -2.32. The third-order valence-corrected chi connectivity index (χ3v) is 6.34. The van der Waals surface area contributed by atoms with Crippen molar-refractivity contribution >= 4 is 5.97 Å². The second-order valence-corrected chi connectivity index (χ2v) is 8.95. The number of aliphatic hydroxyl groups is 1. The Balaban J connectivity index is 1.34. The van der Waals surface area contributed by atoms with Gasteiger partial charge in [-0.05, 0) is 37.1 Å². The van der Waals surface area contributed by atoms with Crippen molar-refractivity contribution in [3.63, 3.8) is 0 Å². The molecular formula is C25H22F3N5O5. The molecule has 4 aromatic rings. The zero-order chi connectivity index (χ0) is 26.9. The van der Waals surface area contributed by atoms with Gasteiger partial charge >= 0.3 is 12.1 Å². The van der Waals surface area contributed by atoms with E-state index in [-0.39, 0.29) is 18.1 Å². The molecule has 4 heterocycles. The summed E-state index contributed by atoms with van der Waals surface area (Å²) in [6.45, 7) is 1.35. The summed E-state index contributed by atoms with van der Waals surface area (Å²) >= 11 is 0. The van der Waals surface area contributed by atoms with E-state index >= 15 is 0 Å². The van der Waals surface area contributed by atoms with Gasteiger partial charge in [-0.25, -0.2) is 0 Å². The average Bonchev–Trinajstić information content (AvgIpc) is 3.57. The molecule has 13 heteroatoms. The molecule has 2 unspecified atom stereocenters. The largest absolute Gasteiger partial charge is 0.481 e. The molecule has 5 rings (SSSR count). The molecule has 198 valence electrons. The average molecular weight is 529 g/mol. The van der Waals surface area contributed by atoms with Crippen LogP contribution in [0.2, 0.25) is 0 Å². The van der Waals surface area contributed by atoms with E-state index in [1.54, 1.807) is 30.3 Å². The Hall–Kier alpha value is -4.10. The van der Waals surface area contributed by atoms with E-state index in [9.17, 15) is 28.2 Å². The number of halogens is 3. The number of rotatable bonds is 7. The molecule has 0 aliphatic carbocycles. The lowest BCUT2D eigenvalue weighted by molar-refractivity contribution is -0.143. The molecule has 1 aliphatic heterocycles. The van der Waals surface area contributed by atoms with Gasteiger partial charge in [0, 0.05) is 24.8 Å². The van der Waals surface area contributed by atoms with Crippen molar-refractivity contribution in [2.75, 3.05) is 19.6 Å². The first-order valence-corrected chi connectivity index (χ1v) is 11.8. The minimum atomic E-state index is -4.83. The summed E-state index contributed by atoms with van der Waals surface area (Å²) in [4.78, 5) is 21.2. The minimum Gasteiger partial charge on any atom is -0.481 e. The minimum absolute atomic E-state index is 0.0188. The Morgan fingerprint density at radius 3 is 2.61 bits per heavy atom. The zero-order valence-electron chi connectivity index (χ0n) is 19.8. The Kier molecular flexibility index (Phi) is 6.95. The van der Waals surface area contributed by atoms with Crippen molar-refractivity contribution in [2.45, 2.75) is 25.1 Å². The number of hydrogen-bond acceptors (Lipinski definition) is 9. The van der Waals surface area contributed by atoms with Crippen LogP contribution in [-0.4, -0.2) is 61.0 Å². The van der Waals surface area contributed by atoms with Crippen LogP contribution in [0.3, 0.4) is 0 Å². The molecule has 0 bridgehead atoms. The highest BCUT2D eigenvalue weighted by molar-refractivity contribution is 5.70. The summed E-state index contributed by atoms with van der Waals surface area (Å²) in [6.07, 6.45) is -2.98. The maximum atomic E-state index is 13.9. The topological polar surface area (TPSA) is 139 Å². The van der Waals surface area contributed by atoms with E-state index < -0.39 is 47.1 Å². The number of aliphatic carboxylic acids is 1. The molecule has 38 heavy (non-hydrogen) atoms. The molecule has 0 amide bonds. The molecule has 1 fully saturated rings. The Morgan fingerprint density at radius 1 is 1.13 bits per heavy atom. The predicted molar refractivity (Wildman–Crippen MR) is 125 cm³/mol. The molecule has 3 aromatic heterocycles. The molecule has 2 atom stereocenters. The van der Waals surface area contributed by atoms with Crippen LogP contribution in [-0.2, 0) is 11.0 Å². The van der Waals surface area contributed by atoms with Crippen molar-refractivity contribution in [1.82, 2.24) is 25.2 Å². The first kappa shape index (κ1) is 25.5. The summed E-state index contributed by atoms with van der Waals surface area (Å²) in [5.74, 6) is -2.48. The van der Waals surface area contributed by atoms with Crippen LogP contribution in [0.15, 0.2) is 57.7 Å². The summed E-state index contributed by atoms with van der Waals surface area (Å²) in [5, 5.41) is 27.2. The van der Waals surface area contributed by atoms with Gasteiger partial charge in [-0.1, -0.05) is 40.6 Å². The Labute approximate surface area is 213 Å². The maximum absolute atomic E-state index is 13.9. The highest BCUT2D eigenvalue weighted by Crippen LogP contribution is 2.42. The fourth-order valence-electron chi connectivity index (χ4n) is 4.44. The fraction of sp³-hybridized carbons (Fsp3) is 0.320. The quantitative estimate of drug-likeness (QED) is 0.356. The van der Waals surface area contributed by atoms with Gasteiger partial charge in [0.15, 0.2) is 0 Å². The van der Waals surface area contributed by atoms with Crippen LogP contribution < -0.4 is 0 Å². The Morgan fingerprint density at radius 2 is 1.92 bits per heavy atom. The first-order valence-electron chi connectivity index (χ1n) is 11.8. The molecule has 10 nitrogen and oxygen atoms in total. The summed E-state index contributed by atoms with van der Waals surface area (Å²) in [7, 11) is 0. The number of β-amino-alcohol motifs (C(OH)–C–C–N with tert-alkyl or cyclic N) is 1. The van der Waals surface area contributed by atoms with E-state index in [2.05, 4.69) is 20.3 Å². The smallest absolute Gasteiger partial charge is 0.422 e. The number of carbonyl (C=O) groups is 1. The number of pyridine rings is 1. The molecular weight excluding hydrogens is 507 g/mol. The number of likely N-dealkylation sites (tertiary alicyclic amines) is 1. The lowest BCUT2D eigenvalue weighted by Crippen LogP contribution is -2.40. The molecule has 0 saturated carbocycles. The van der Waals surface area contributed by atoms with Crippen molar-refractivity contribution in [3.8, 4) is 34.4 Å². The van der Waals surface area contributed by atoms with Crippen molar-refractivity contribution in [1.29, 1.82) is 0 Å². The second-order valence-electron chi connectivity index (χ2n) is 8.95. The number of nitrogens with zero attached hydrogens (tertiary/aromatic N) is 5. The molecule has 1 aliphatic rings. The van der Waals surface area contributed by atoms with Crippen LogP contribution in [0.4, 0.5) is 13.2 Å². The maximum Gasteiger partial charge on any atom is 0.422 e. The third kappa shape index (κ3) is 5.29. The molecule has 1 aromatic carbocycles. The predicted octanol–water partition coefficient (Wildman–Crippen LogP) is 4.30. The van der Waals surface area contributed by atoms with Gasteiger partial charge < -0.3 is 19.3 Å². The van der Waals surface area contributed by atoms with Crippen LogP contribution in [0.25, 0.3) is 34.4 Å². The standard InChI is InChI=1S/C25H22F3N5O5/c26-25(27,28)19-20(17-5-1-2-10-29-17)31-37-21(19)23-30-22(32-38-23)15-8-6-14(7-9-15)18(34)13-33-11-3-4-16(12-33)24(35)36/h1-2,5-10,16,18,34H,3-4,11-13H2,(H,35,36). The highest BCUT2D eigenvalue weighted by atomic mass is 19.4. The van der Waals surface area contributed by atoms with E-state index in [4.69, 9.17) is 9.05 Å². The van der Waals surface area contributed by atoms with Crippen molar-refractivity contribution < 1.29 is 37.2 Å². The van der Waals surface area contributed by atoms with Gasteiger partial charge in [0.1, 0.15) is 11.3 Å². The number of aromatic nitrogens is 4. The van der Waals surface area contributed by atoms with E-state index in [1.165, 1.54) is 18.3 Å². The Bertz CT molecular complexity index is 1410. The summed E-state index contributed by atoms with van der Waals surface area (Å²) in [5.41, 5.74) is -0.656. The number of carboxylic acid groups (broad SMARTS) is 1. The molecule has 1 saturated heterocycles. The number of carboxylic acids is 1. The van der Waals surface area contributed by atoms with Crippen LogP contribution in [0.1, 0.15) is 30.1 Å². The van der Waals surface area contributed by atoms with E-state index in [0.717, 1.165) is 6.42 Å². The van der Waals surface area contributed by atoms with Gasteiger partial charge in [-0.15, -0.1) is 0 Å². The molecule has 0 spiro atoms. The first-order chi connectivity index (χ1) is 18.2. The van der Waals surface area contributed by atoms with E-state index in [1.807, 2.05) is 4.90 Å². The summed E-state index contributed by atoms with van der Waals surface area (Å²) < 4.78 is 51.8. The van der Waals surface area contributed by atoms with Crippen LogP contribution in [0, 0.1) is 5.92 Å².